The van der Waals surface area contributed by atoms with Crippen molar-refractivity contribution in [2.24, 2.45) is 0 Å². The van der Waals surface area contributed by atoms with Gasteiger partial charge in [-0.3, -0.25) is 4.79 Å². The molecule has 0 saturated carbocycles. The Hall–Kier alpha value is -3.01. The number of carbonyl (C=O) groups excluding carboxylic acids is 2. The Kier molecular flexibility index (Phi) is 5.79. The van der Waals surface area contributed by atoms with Crippen LogP contribution in [0.4, 0.5) is 0 Å². The number of esters is 2. The molecule has 0 atom stereocenters. The van der Waals surface area contributed by atoms with Crippen molar-refractivity contribution in [3.8, 4) is 11.8 Å². The number of hydrogen-bond donors (Lipinski definition) is 0. The predicted octanol–water partition coefficient (Wildman–Crippen LogP) is 2.28. The van der Waals surface area contributed by atoms with Crippen molar-refractivity contribution in [2.75, 3.05) is 19.8 Å². The van der Waals surface area contributed by atoms with Crippen LogP contribution in [0.2, 0.25) is 0 Å². The number of carbonyl (C=O) groups is 2. The van der Waals surface area contributed by atoms with Gasteiger partial charge in [0.2, 0.25) is 0 Å². The van der Waals surface area contributed by atoms with Crippen LogP contribution in [-0.2, 0) is 20.8 Å². The first-order chi connectivity index (χ1) is 11.6. The van der Waals surface area contributed by atoms with E-state index in [-0.39, 0.29) is 32.1 Å². The summed E-state index contributed by atoms with van der Waals surface area (Å²) in [4.78, 5) is 24.0. The number of ether oxygens (including phenoxy) is 3. The number of fused-ring (bicyclic) bond motifs is 1. The molecule has 126 valence electrons. The van der Waals surface area contributed by atoms with Gasteiger partial charge in [0.1, 0.15) is 24.1 Å². The number of nitriles is 1. The summed E-state index contributed by atoms with van der Waals surface area (Å²) in [6, 6.07) is 8.63. The lowest BCUT2D eigenvalue weighted by Crippen LogP contribution is -2.18. The lowest BCUT2D eigenvalue weighted by atomic mass is 10.2. The second-order valence-corrected chi connectivity index (χ2v) is 4.81. The molecule has 1 aromatic heterocycles. The van der Waals surface area contributed by atoms with Crippen LogP contribution in [0, 0.1) is 11.3 Å². The summed E-state index contributed by atoms with van der Waals surface area (Å²) in [5.41, 5.74) is 0.938. The highest BCUT2D eigenvalue weighted by Crippen LogP contribution is 2.25. The lowest BCUT2D eigenvalue weighted by Gasteiger charge is -2.10. The molecule has 0 saturated heterocycles. The Labute approximate surface area is 139 Å². The van der Waals surface area contributed by atoms with Crippen LogP contribution < -0.4 is 4.74 Å². The molecule has 0 bridgehead atoms. The van der Waals surface area contributed by atoms with Gasteiger partial charge < -0.3 is 18.8 Å². The normalized spacial score (nSPS) is 10.2. The molecular formula is C17H18N2O5. The van der Waals surface area contributed by atoms with Gasteiger partial charge in [-0.25, -0.2) is 4.79 Å². The number of rotatable bonds is 7. The van der Waals surface area contributed by atoms with Crippen LogP contribution in [0.3, 0.4) is 0 Å². The predicted molar refractivity (Wildman–Crippen MR) is 85.6 cm³/mol. The summed E-state index contributed by atoms with van der Waals surface area (Å²) in [7, 11) is 0. The van der Waals surface area contributed by atoms with E-state index in [1.165, 1.54) is 0 Å². The number of aromatic nitrogens is 1. The van der Waals surface area contributed by atoms with E-state index >= 15 is 0 Å². The van der Waals surface area contributed by atoms with Gasteiger partial charge in [0, 0.05) is 10.9 Å². The van der Waals surface area contributed by atoms with E-state index in [2.05, 4.69) is 0 Å². The molecule has 2 aromatic rings. The van der Waals surface area contributed by atoms with E-state index in [0.29, 0.717) is 16.7 Å². The summed E-state index contributed by atoms with van der Waals surface area (Å²) in [6.45, 7) is 3.76. The molecule has 0 radical (unpaired) electrons. The summed E-state index contributed by atoms with van der Waals surface area (Å²) >= 11 is 0. The highest BCUT2D eigenvalue weighted by Gasteiger charge is 2.19. The van der Waals surface area contributed by atoms with Gasteiger partial charge in [-0.15, -0.1) is 0 Å². The van der Waals surface area contributed by atoms with Gasteiger partial charge in [-0.1, -0.05) is 0 Å². The molecule has 0 N–H and O–H groups in total. The average molecular weight is 330 g/mol. The first-order valence-electron chi connectivity index (χ1n) is 7.56. The summed E-state index contributed by atoms with van der Waals surface area (Å²) in [5, 5.41) is 9.29. The third-order valence-electron chi connectivity index (χ3n) is 3.25. The summed E-state index contributed by atoms with van der Waals surface area (Å²) in [6.07, 6.45) is 0. The van der Waals surface area contributed by atoms with E-state index in [0.717, 1.165) is 0 Å². The molecule has 0 amide bonds. The summed E-state index contributed by atoms with van der Waals surface area (Å²) < 4.78 is 16.8. The molecule has 0 aliphatic carbocycles. The standard InChI is InChI=1S/C17H18N2O5/c1-3-22-16(20)11-19-14-6-5-13(24-8-7-18)9-12(14)10-15(19)17(21)23-4-2/h5-6,9-10H,3-4,8,11H2,1-2H3. The molecular weight excluding hydrogens is 312 g/mol. The van der Waals surface area contributed by atoms with E-state index in [1.807, 2.05) is 6.07 Å². The van der Waals surface area contributed by atoms with Gasteiger partial charge in [-0.2, -0.15) is 5.26 Å². The van der Waals surface area contributed by atoms with Crippen molar-refractivity contribution < 1.29 is 23.8 Å². The van der Waals surface area contributed by atoms with Gasteiger partial charge in [0.15, 0.2) is 6.61 Å². The zero-order chi connectivity index (χ0) is 17.5. The van der Waals surface area contributed by atoms with Crippen LogP contribution in [0.1, 0.15) is 24.3 Å². The zero-order valence-corrected chi connectivity index (χ0v) is 13.6. The maximum absolute atomic E-state index is 12.2. The third-order valence-corrected chi connectivity index (χ3v) is 3.25. The molecule has 1 aromatic carbocycles. The average Bonchev–Trinajstić information content (AvgIpc) is 2.91. The Morgan fingerprint density at radius 3 is 2.58 bits per heavy atom. The molecule has 7 heteroatoms. The van der Waals surface area contributed by atoms with Gasteiger partial charge in [0.25, 0.3) is 0 Å². The lowest BCUT2D eigenvalue weighted by molar-refractivity contribution is -0.143. The third kappa shape index (κ3) is 3.84. The molecule has 24 heavy (non-hydrogen) atoms. The van der Waals surface area contributed by atoms with Crippen LogP contribution in [0.15, 0.2) is 24.3 Å². The van der Waals surface area contributed by atoms with Gasteiger partial charge in [0.05, 0.1) is 13.2 Å². The molecule has 1 heterocycles. The molecule has 0 aliphatic rings. The monoisotopic (exact) mass is 330 g/mol. The van der Waals surface area contributed by atoms with Gasteiger partial charge in [-0.05, 0) is 38.1 Å². The smallest absolute Gasteiger partial charge is 0.354 e. The highest BCUT2D eigenvalue weighted by molar-refractivity contribution is 5.96. The second kappa shape index (κ2) is 8.02. The van der Waals surface area contributed by atoms with Crippen molar-refractivity contribution in [3.05, 3.63) is 30.0 Å². The van der Waals surface area contributed by atoms with E-state index in [4.69, 9.17) is 19.5 Å². The van der Waals surface area contributed by atoms with E-state index in [1.54, 1.807) is 42.7 Å². The molecule has 7 nitrogen and oxygen atoms in total. The SMILES string of the molecule is CCOC(=O)Cn1c(C(=O)OCC)cc2cc(OCC#N)ccc21. The minimum absolute atomic E-state index is 0.0697. The van der Waals surface area contributed by atoms with Gasteiger partial charge >= 0.3 is 11.9 Å². The quantitative estimate of drug-likeness (QED) is 0.723. The fraction of sp³-hybridized carbons (Fsp3) is 0.353. The van der Waals surface area contributed by atoms with Crippen LogP contribution >= 0.6 is 0 Å². The number of nitrogens with zero attached hydrogens (tertiary/aromatic N) is 2. The summed E-state index contributed by atoms with van der Waals surface area (Å²) in [5.74, 6) is -0.449. The Morgan fingerprint density at radius 1 is 1.17 bits per heavy atom. The van der Waals surface area contributed by atoms with Crippen molar-refractivity contribution >= 4 is 22.8 Å². The molecule has 0 aliphatic heterocycles. The molecule has 0 unspecified atom stereocenters. The molecule has 0 fully saturated rings. The Balaban J connectivity index is 2.45. The maximum atomic E-state index is 12.2. The Bertz CT molecular complexity index is 788. The largest absolute Gasteiger partial charge is 0.479 e. The molecule has 2 rings (SSSR count). The van der Waals surface area contributed by atoms with Crippen molar-refractivity contribution in [1.82, 2.24) is 4.57 Å². The van der Waals surface area contributed by atoms with E-state index in [9.17, 15) is 9.59 Å². The fourth-order valence-electron chi connectivity index (χ4n) is 2.33. The van der Waals surface area contributed by atoms with Crippen LogP contribution in [-0.4, -0.2) is 36.3 Å². The number of hydrogen-bond acceptors (Lipinski definition) is 6. The maximum Gasteiger partial charge on any atom is 0.354 e. The Morgan fingerprint density at radius 2 is 1.92 bits per heavy atom. The fourth-order valence-corrected chi connectivity index (χ4v) is 2.33. The highest BCUT2D eigenvalue weighted by atomic mass is 16.5. The molecule has 0 spiro atoms. The van der Waals surface area contributed by atoms with E-state index < -0.39 is 11.9 Å². The zero-order valence-electron chi connectivity index (χ0n) is 13.6. The van der Waals surface area contributed by atoms with Crippen molar-refractivity contribution in [2.45, 2.75) is 20.4 Å². The first-order valence-corrected chi connectivity index (χ1v) is 7.56. The van der Waals surface area contributed by atoms with Crippen molar-refractivity contribution in [3.63, 3.8) is 0 Å². The minimum atomic E-state index is -0.516. The van der Waals surface area contributed by atoms with Crippen molar-refractivity contribution in [1.29, 1.82) is 5.26 Å². The van der Waals surface area contributed by atoms with Crippen LogP contribution in [0.25, 0.3) is 10.9 Å². The first kappa shape index (κ1) is 17.3. The van der Waals surface area contributed by atoms with Crippen LogP contribution in [0.5, 0.6) is 5.75 Å². The second-order valence-electron chi connectivity index (χ2n) is 4.81. The topological polar surface area (TPSA) is 90.6 Å². The minimum Gasteiger partial charge on any atom is -0.479 e. The number of benzene rings is 1.